The number of hydrogen-bond acceptors (Lipinski definition) is 5. The van der Waals surface area contributed by atoms with Gasteiger partial charge in [0.25, 0.3) is 0 Å². The zero-order valence-corrected chi connectivity index (χ0v) is 12.4. The number of piperidine rings is 1. The molecule has 0 radical (unpaired) electrons. The molecule has 1 aromatic carbocycles. The van der Waals surface area contributed by atoms with Crippen molar-refractivity contribution in [3.05, 3.63) is 24.3 Å². The van der Waals surface area contributed by atoms with Gasteiger partial charge in [0.05, 0.1) is 13.7 Å². The average molecular weight is 287 g/mol. The van der Waals surface area contributed by atoms with Gasteiger partial charge in [-0.15, -0.1) is 10.2 Å². The first-order chi connectivity index (χ1) is 10.3. The monoisotopic (exact) mass is 287 g/mol. The highest BCUT2D eigenvalue weighted by Crippen LogP contribution is 2.18. The van der Waals surface area contributed by atoms with Crippen LogP contribution in [0.4, 0.5) is 0 Å². The zero-order valence-electron chi connectivity index (χ0n) is 12.4. The van der Waals surface area contributed by atoms with Gasteiger partial charge in [-0.05, 0) is 55.4 Å². The largest absolute Gasteiger partial charge is 0.497 e. The number of aromatic nitrogens is 4. The quantitative estimate of drug-likeness (QED) is 0.840. The van der Waals surface area contributed by atoms with Gasteiger partial charge in [-0.25, -0.2) is 0 Å². The second-order valence-electron chi connectivity index (χ2n) is 5.34. The molecular weight excluding hydrogens is 266 g/mol. The molecule has 3 rings (SSSR count). The van der Waals surface area contributed by atoms with Crippen molar-refractivity contribution < 1.29 is 4.74 Å². The molecule has 0 bridgehead atoms. The van der Waals surface area contributed by atoms with Crippen molar-refractivity contribution in [3.8, 4) is 17.1 Å². The lowest BCUT2D eigenvalue weighted by Crippen LogP contribution is -2.33. The molecule has 0 saturated carbocycles. The molecule has 1 saturated heterocycles. The number of benzene rings is 1. The van der Waals surface area contributed by atoms with Crippen LogP contribution >= 0.6 is 0 Å². The average Bonchev–Trinajstić information content (AvgIpc) is 3.03. The summed E-state index contributed by atoms with van der Waals surface area (Å²) < 4.78 is 5.15. The van der Waals surface area contributed by atoms with E-state index in [0.717, 1.165) is 24.4 Å². The summed E-state index contributed by atoms with van der Waals surface area (Å²) in [5.41, 5.74) is 0.958. The third-order valence-electron chi connectivity index (χ3n) is 3.87. The minimum absolute atomic E-state index is 0.663. The molecule has 0 atom stereocenters. The van der Waals surface area contributed by atoms with Crippen LogP contribution < -0.4 is 4.74 Å². The Balaban J connectivity index is 1.59. The van der Waals surface area contributed by atoms with Gasteiger partial charge in [0.2, 0.25) is 5.82 Å². The van der Waals surface area contributed by atoms with Gasteiger partial charge < -0.3 is 9.64 Å². The van der Waals surface area contributed by atoms with Crippen molar-refractivity contribution in [1.82, 2.24) is 25.1 Å². The molecule has 112 valence electrons. The second-order valence-corrected chi connectivity index (χ2v) is 5.34. The topological polar surface area (TPSA) is 56.1 Å². The molecule has 6 nitrogen and oxygen atoms in total. The number of ether oxygens (including phenoxy) is 1. The van der Waals surface area contributed by atoms with E-state index in [1.807, 2.05) is 24.3 Å². The molecule has 21 heavy (non-hydrogen) atoms. The maximum Gasteiger partial charge on any atom is 0.204 e. The molecule has 0 amide bonds. The van der Waals surface area contributed by atoms with Crippen LogP contribution in [-0.4, -0.2) is 51.9 Å². The molecule has 0 unspecified atom stereocenters. The third-order valence-corrected chi connectivity index (χ3v) is 3.87. The predicted octanol–water partition coefficient (Wildman–Crippen LogP) is 1.83. The summed E-state index contributed by atoms with van der Waals surface area (Å²) in [4.78, 5) is 4.16. The van der Waals surface area contributed by atoms with E-state index in [9.17, 15) is 0 Å². The summed E-state index contributed by atoms with van der Waals surface area (Å²) in [6.45, 7) is 4.18. The smallest absolute Gasteiger partial charge is 0.204 e. The molecule has 6 heteroatoms. The highest BCUT2D eigenvalue weighted by molar-refractivity contribution is 5.55. The molecule has 0 spiro atoms. The Morgan fingerprint density at radius 1 is 1.05 bits per heavy atom. The molecular formula is C15H21N5O. The highest BCUT2D eigenvalue weighted by atomic mass is 16.5. The normalized spacial score (nSPS) is 16.0. The molecule has 1 aliphatic heterocycles. The van der Waals surface area contributed by atoms with Crippen molar-refractivity contribution >= 4 is 0 Å². The Labute approximate surface area is 124 Å². The Bertz CT molecular complexity index is 560. The third kappa shape index (κ3) is 3.58. The van der Waals surface area contributed by atoms with Crippen LogP contribution in [0, 0.1) is 0 Å². The first kappa shape index (κ1) is 14.0. The minimum atomic E-state index is 0.663. The summed E-state index contributed by atoms with van der Waals surface area (Å²) in [7, 11) is 1.66. The Morgan fingerprint density at radius 2 is 1.81 bits per heavy atom. The first-order valence-electron chi connectivity index (χ1n) is 7.50. The van der Waals surface area contributed by atoms with Gasteiger partial charge in [0.15, 0.2) is 0 Å². The summed E-state index contributed by atoms with van der Waals surface area (Å²) in [5.74, 6) is 1.49. The van der Waals surface area contributed by atoms with Crippen molar-refractivity contribution in [2.24, 2.45) is 0 Å². The summed E-state index contributed by atoms with van der Waals surface area (Å²) in [6.07, 6.45) is 3.98. The molecule has 1 fully saturated rings. The lowest BCUT2D eigenvalue weighted by Gasteiger charge is -2.25. The van der Waals surface area contributed by atoms with Crippen LogP contribution in [0.3, 0.4) is 0 Å². The molecule has 2 heterocycles. The number of hydrogen-bond donors (Lipinski definition) is 0. The second kappa shape index (κ2) is 6.67. The number of tetrazole rings is 1. The van der Waals surface area contributed by atoms with Gasteiger partial charge in [0.1, 0.15) is 5.75 Å². The molecule has 0 aliphatic carbocycles. The maximum absolute atomic E-state index is 5.15. The fraction of sp³-hybridized carbons (Fsp3) is 0.533. The van der Waals surface area contributed by atoms with E-state index in [4.69, 9.17) is 4.74 Å². The van der Waals surface area contributed by atoms with Gasteiger partial charge in [-0.3, -0.25) is 0 Å². The number of methoxy groups -OCH3 is 1. The summed E-state index contributed by atoms with van der Waals surface area (Å²) >= 11 is 0. The van der Waals surface area contributed by atoms with E-state index < -0.39 is 0 Å². The molecule has 2 aromatic rings. The Hall–Kier alpha value is -1.95. The van der Waals surface area contributed by atoms with E-state index in [0.29, 0.717) is 5.82 Å². The van der Waals surface area contributed by atoms with Gasteiger partial charge >= 0.3 is 0 Å². The number of nitrogens with zero attached hydrogens (tertiary/aromatic N) is 5. The van der Waals surface area contributed by atoms with E-state index >= 15 is 0 Å². The standard InChI is InChI=1S/C15H21N5O/c1-21-14-7-5-13(6-8-14)15-16-18-20(17-15)12-11-19-9-3-2-4-10-19/h5-8H,2-4,9-12H2,1H3. The Morgan fingerprint density at radius 3 is 2.52 bits per heavy atom. The fourth-order valence-corrected chi connectivity index (χ4v) is 2.61. The predicted molar refractivity (Wildman–Crippen MR) is 80.1 cm³/mol. The summed E-state index contributed by atoms with van der Waals surface area (Å²) in [5, 5.41) is 12.7. The van der Waals surface area contributed by atoms with Crippen LogP contribution in [0.5, 0.6) is 5.75 Å². The van der Waals surface area contributed by atoms with Gasteiger partial charge in [-0.2, -0.15) is 4.80 Å². The van der Waals surface area contributed by atoms with Gasteiger partial charge in [-0.1, -0.05) is 6.42 Å². The molecule has 1 aromatic heterocycles. The Kier molecular flexibility index (Phi) is 4.45. The van der Waals surface area contributed by atoms with Crippen LogP contribution in [0.2, 0.25) is 0 Å². The van der Waals surface area contributed by atoms with Crippen LogP contribution in [-0.2, 0) is 6.54 Å². The SMILES string of the molecule is COc1ccc(-c2nnn(CCN3CCCCC3)n2)cc1. The number of rotatable bonds is 5. The van der Waals surface area contributed by atoms with Gasteiger partial charge in [0, 0.05) is 12.1 Å². The van der Waals surface area contributed by atoms with E-state index in [2.05, 4.69) is 20.3 Å². The maximum atomic E-state index is 5.15. The number of likely N-dealkylation sites (tertiary alicyclic amines) is 1. The van der Waals surface area contributed by atoms with Crippen LogP contribution in [0.1, 0.15) is 19.3 Å². The van der Waals surface area contributed by atoms with Crippen LogP contribution in [0.15, 0.2) is 24.3 Å². The van der Waals surface area contributed by atoms with Crippen LogP contribution in [0.25, 0.3) is 11.4 Å². The van der Waals surface area contributed by atoms with Crippen molar-refractivity contribution in [1.29, 1.82) is 0 Å². The highest BCUT2D eigenvalue weighted by Gasteiger charge is 2.11. The van der Waals surface area contributed by atoms with Crippen molar-refractivity contribution in [3.63, 3.8) is 0 Å². The zero-order chi connectivity index (χ0) is 14.5. The lowest BCUT2D eigenvalue weighted by atomic mass is 10.1. The van der Waals surface area contributed by atoms with Crippen molar-refractivity contribution in [2.45, 2.75) is 25.8 Å². The fourth-order valence-electron chi connectivity index (χ4n) is 2.61. The lowest BCUT2D eigenvalue weighted by molar-refractivity contribution is 0.213. The molecule has 1 aliphatic rings. The van der Waals surface area contributed by atoms with Crippen molar-refractivity contribution in [2.75, 3.05) is 26.7 Å². The summed E-state index contributed by atoms with van der Waals surface area (Å²) in [6, 6.07) is 7.71. The molecule has 0 N–H and O–H groups in total. The minimum Gasteiger partial charge on any atom is -0.497 e. The van der Waals surface area contributed by atoms with E-state index in [1.165, 1.54) is 32.4 Å². The van der Waals surface area contributed by atoms with E-state index in [-0.39, 0.29) is 0 Å². The van der Waals surface area contributed by atoms with E-state index in [1.54, 1.807) is 11.9 Å². The first-order valence-corrected chi connectivity index (χ1v) is 7.50.